The van der Waals surface area contributed by atoms with E-state index in [1.54, 1.807) is 0 Å². The van der Waals surface area contributed by atoms with E-state index in [2.05, 4.69) is 9.84 Å². The van der Waals surface area contributed by atoms with Gasteiger partial charge in [-0.3, -0.25) is 10.1 Å². The van der Waals surface area contributed by atoms with Gasteiger partial charge >= 0.3 is 11.6 Å². The van der Waals surface area contributed by atoms with Crippen molar-refractivity contribution in [3.05, 3.63) is 51.0 Å². The molecule has 0 saturated heterocycles. The lowest BCUT2D eigenvalue weighted by molar-refractivity contribution is -0.402. The number of nitrogens with one attached hydrogen (secondary N) is 1. The van der Waals surface area contributed by atoms with Gasteiger partial charge in [-0.25, -0.2) is 4.79 Å². The maximum Gasteiger partial charge on any atom is 0.437 e. The molecule has 0 bridgehead atoms. The van der Waals surface area contributed by atoms with E-state index in [-0.39, 0.29) is 12.4 Å². The summed E-state index contributed by atoms with van der Waals surface area (Å²) in [5, 5.41) is 10.3. The number of aromatic nitrogens is 1. The van der Waals surface area contributed by atoms with Crippen molar-refractivity contribution in [1.29, 1.82) is 0 Å². The second kappa shape index (κ2) is 3.93. The van der Waals surface area contributed by atoms with Crippen LogP contribution in [-0.2, 0) is 6.54 Å². The fourth-order valence-electron chi connectivity index (χ4n) is 1.11. The van der Waals surface area contributed by atoms with Gasteiger partial charge in [0, 0.05) is 0 Å². The maximum absolute atomic E-state index is 10.9. The van der Waals surface area contributed by atoms with Crippen LogP contribution in [0, 0.1) is 10.1 Å². The number of nitro groups is 1. The highest BCUT2D eigenvalue weighted by Gasteiger charge is 2.11. The Labute approximate surface area is 88.2 Å². The molecular weight excluding hydrogens is 218 g/mol. The van der Waals surface area contributed by atoms with Crippen LogP contribution in [0.5, 0.6) is 0 Å². The summed E-state index contributed by atoms with van der Waals surface area (Å²) in [6.45, 7) is 0.146. The molecule has 0 unspecified atom stereocenters. The lowest BCUT2D eigenvalue weighted by Gasteiger charge is -2.00. The molecule has 0 radical (unpaired) electrons. The van der Waals surface area contributed by atoms with E-state index in [1.165, 1.54) is 24.6 Å². The number of nitrogens with zero attached hydrogens (tertiary/aromatic N) is 2. The summed E-state index contributed by atoms with van der Waals surface area (Å²) in [7, 11) is 0. The van der Waals surface area contributed by atoms with Crippen molar-refractivity contribution >= 4 is 5.88 Å². The molecule has 1 N–H and O–H groups in total. The minimum absolute atomic E-state index is 0.146. The Bertz CT molecular complexity index is 552. The minimum Gasteiger partial charge on any atom is -0.415 e. The summed E-state index contributed by atoms with van der Waals surface area (Å²) in [6, 6.07) is 2.70. The van der Waals surface area contributed by atoms with Crippen LogP contribution in [0.3, 0.4) is 0 Å². The lowest BCUT2D eigenvalue weighted by Crippen LogP contribution is -2.23. The Balaban J connectivity index is 2.02. The molecular formula is C8H7N3O5. The lowest BCUT2D eigenvalue weighted by atomic mass is 10.4. The average Bonchev–Trinajstić information content (AvgIpc) is 2.83. The quantitative estimate of drug-likeness (QED) is 0.606. The minimum atomic E-state index is -0.631. The van der Waals surface area contributed by atoms with Crippen LogP contribution in [0.1, 0.15) is 5.76 Å². The summed E-state index contributed by atoms with van der Waals surface area (Å²) < 4.78 is 10.5. The predicted molar refractivity (Wildman–Crippen MR) is 51.4 cm³/mol. The molecule has 0 atom stereocenters. The van der Waals surface area contributed by atoms with Crippen LogP contribution in [0.15, 0.2) is 38.2 Å². The fraction of sp³-hybridized carbons (Fsp3) is 0.125. The second-order valence-corrected chi connectivity index (χ2v) is 2.87. The van der Waals surface area contributed by atoms with E-state index in [1.807, 2.05) is 0 Å². The molecule has 0 aliphatic carbocycles. The first-order valence-electron chi connectivity index (χ1n) is 4.30. The van der Waals surface area contributed by atoms with Crippen LogP contribution < -0.4 is 11.2 Å². The number of furan rings is 1. The molecule has 16 heavy (non-hydrogen) atoms. The molecule has 2 aromatic heterocycles. The SMILES string of the molecule is O=c1occn1NCc1ccc([N+](=O)[O-])o1. The molecule has 0 aliphatic heterocycles. The second-order valence-electron chi connectivity index (χ2n) is 2.87. The Morgan fingerprint density at radius 2 is 2.31 bits per heavy atom. The molecule has 2 rings (SSSR count). The van der Waals surface area contributed by atoms with Crippen LogP contribution in [0.4, 0.5) is 5.88 Å². The zero-order valence-corrected chi connectivity index (χ0v) is 7.95. The molecule has 0 fully saturated rings. The van der Waals surface area contributed by atoms with Gasteiger partial charge in [-0.05, 0) is 6.07 Å². The van der Waals surface area contributed by atoms with E-state index in [9.17, 15) is 14.9 Å². The zero-order valence-electron chi connectivity index (χ0n) is 7.95. The number of oxazole rings is 1. The summed E-state index contributed by atoms with van der Waals surface area (Å²) in [4.78, 5) is 20.6. The average molecular weight is 225 g/mol. The Morgan fingerprint density at radius 3 is 2.88 bits per heavy atom. The van der Waals surface area contributed by atoms with Gasteiger partial charge in [-0.2, -0.15) is 4.68 Å². The number of hydrogen-bond acceptors (Lipinski definition) is 6. The summed E-state index contributed by atoms with van der Waals surface area (Å²) in [6.07, 6.45) is 2.61. The summed E-state index contributed by atoms with van der Waals surface area (Å²) in [5.74, 6) is -0.558. The number of rotatable bonds is 4. The molecule has 0 amide bonds. The molecule has 0 aromatic carbocycles. The van der Waals surface area contributed by atoms with Gasteiger partial charge in [0.15, 0.2) is 0 Å². The van der Waals surface area contributed by atoms with Gasteiger partial charge in [-0.1, -0.05) is 0 Å². The van der Waals surface area contributed by atoms with Crippen molar-refractivity contribution < 1.29 is 13.8 Å². The third-order valence-electron chi connectivity index (χ3n) is 1.83. The summed E-state index contributed by atoms with van der Waals surface area (Å²) >= 11 is 0. The van der Waals surface area contributed by atoms with Crippen LogP contribution in [0.25, 0.3) is 0 Å². The topological polar surface area (TPSA) is 103 Å². The largest absolute Gasteiger partial charge is 0.437 e. The van der Waals surface area contributed by atoms with E-state index >= 15 is 0 Å². The van der Waals surface area contributed by atoms with E-state index in [4.69, 9.17) is 4.42 Å². The number of hydrogen-bond donors (Lipinski definition) is 1. The molecule has 2 aromatic rings. The Kier molecular flexibility index (Phi) is 2.46. The maximum atomic E-state index is 10.9. The Hall–Kier alpha value is -2.51. The zero-order chi connectivity index (χ0) is 11.5. The smallest absolute Gasteiger partial charge is 0.415 e. The van der Waals surface area contributed by atoms with Crippen molar-refractivity contribution in [2.24, 2.45) is 0 Å². The molecule has 2 heterocycles. The van der Waals surface area contributed by atoms with E-state index < -0.39 is 10.7 Å². The molecule has 0 spiro atoms. The van der Waals surface area contributed by atoms with Gasteiger partial charge in [0.1, 0.15) is 16.9 Å². The molecule has 84 valence electrons. The predicted octanol–water partition coefficient (Wildman–Crippen LogP) is 0.686. The molecule has 0 aliphatic rings. The van der Waals surface area contributed by atoms with E-state index in [0.29, 0.717) is 5.76 Å². The van der Waals surface area contributed by atoms with Gasteiger partial charge in [-0.15, -0.1) is 0 Å². The third-order valence-corrected chi connectivity index (χ3v) is 1.83. The van der Waals surface area contributed by atoms with Gasteiger partial charge in [0.2, 0.25) is 0 Å². The Morgan fingerprint density at radius 1 is 1.50 bits per heavy atom. The molecule has 8 heteroatoms. The normalized spacial score (nSPS) is 10.2. The first-order valence-corrected chi connectivity index (χ1v) is 4.30. The van der Waals surface area contributed by atoms with Gasteiger partial charge < -0.3 is 14.3 Å². The highest BCUT2D eigenvalue weighted by molar-refractivity contribution is 5.18. The first kappa shape index (κ1) is 10.0. The van der Waals surface area contributed by atoms with Gasteiger partial charge in [0.25, 0.3) is 0 Å². The highest BCUT2D eigenvalue weighted by Crippen LogP contribution is 2.15. The third kappa shape index (κ3) is 1.95. The van der Waals surface area contributed by atoms with Crippen molar-refractivity contribution in [1.82, 2.24) is 4.68 Å². The van der Waals surface area contributed by atoms with Crippen LogP contribution >= 0.6 is 0 Å². The monoisotopic (exact) mass is 225 g/mol. The fourth-order valence-corrected chi connectivity index (χ4v) is 1.11. The molecule has 0 saturated carbocycles. The van der Waals surface area contributed by atoms with Crippen LogP contribution in [-0.4, -0.2) is 9.60 Å². The summed E-state index contributed by atoms with van der Waals surface area (Å²) in [5.41, 5.74) is 2.66. The first-order chi connectivity index (χ1) is 7.66. The van der Waals surface area contributed by atoms with Crippen molar-refractivity contribution in [3.63, 3.8) is 0 Å². The van der Waals surface area contributed by atoms with Gasteiger partial charge in [0.05, 0.1) is 18.8 Å². The van der Waals surface area contributed by atoms with Crippen molar-refractivity contribution in [3.8, 4) is 0 Å². The van der Waals surface area contributed by atoms with Crippen molar-refractivity contribution in [2.45, 2.75) is 6.54 Å². The standard InChI is InChI=1S/C8H7N3O5/c12-8-10(3-4-15-8)9-5-6-1-2-7(16-6)11(13)14/h1-4,9H,5H2. The van der Waals surface area contributed by atoms with E-state index in [0.717, 1.165) is 4.68 Å². The van der Waals surface area contributed by atoms with Crippen molar-refractivity contribution in [2.75, 3.05) is 5.43 Å². The highest BCUT2D eigenvalue weighted by atomic mass is 16.6. The van der Waals surface area contributed by atoms with Crippen LogP contribution in [0.2, 0.25) is 0 Å². The molecule has 8 nitrogen and oxygen atoms in total.